The monoisotopic (exact) mass is 250 g/mol. The molecule has 100 valence electrons. The minimum Gasteiger partial charge on any atom is -0.459 e. The fourth-order valence-corrected chi connectivity index (χ4v) is 2.45. The van der Waals surface area contributed by atoms with Crippen LogP contribution >= 0.6 is 0 Å². The molecule has 1 amide bonds. The number of hydrogen-bond acceptors (Lipinski definition) is 3. The van der Waals surface area contributed by atoms with E-state index >= 15 is 0 Å². The Hall–Kier alpha value is -1.29. The number of rotatable bonds is 5. The summed E-state index contributed by atoms with van der Waals surface area (Å²) in [5.74, 6) is 0.452. The average Bonchev–Trinajstić information content (AvgIpc) is 2.92. The molecule has 0 aromatic carbocycles. The lowest BCUT2D eigenvalue weighted by Crippen LogP contribution is -2.46. The highest BCUT2D eigenvalue weighted by atomic mass is 16.3. The summed E-state index contributed by atoms with van der Waals surface area (Å²) in [4.78, 5) is 14.2. The maximum Gasteiger partial charge on any atom is 0.289 e. The van der Waals surface area contributed by atoms with Gasteiger partial charge in [-0.2, -0.15) is 0 Å². The molecular weight excluding hydrogens is 228 g/mol. The summed E-state index contributed by atoms with van der Waals surface area (Å²) >= 11 is 0. The van der Waals surface area contributed by atoms with Gasteiger partial charge in [0.1, 0.15) is 0 Å². The number of furan rings is 1. The van der Waals surface area contributed by atoms with Gasteiger partial charge in [0.25, 0.3) is 5.91 Å². The Labute approximate surface area is 108 Å². The smallest absolute Gasteiger partial charge is 0.289 e. The van der Waals surface area contributed by atoms with Crippen molar-refractivity contribution < 1.29 is 9.21 Å². The van der Waals surface area contributed by atoms with E-state index < -0.39 is 0 Å². The summed E-state index contributed by atoms with van der Waals surface area (Å²) < 4.78 is 5.20. The van der Waals surface area contributed by atoms with Gasteiger partial charge in [-0.25, -0.2) is 0 Å². The van der Waals surface area contributed by atoms with Crippen molar-refractivity contribution in [3.63, 3.8) is 0 Å². The van der Waals surface area contributed by atoms with Gasteiger partial charge in [-0.3, -0.25) is 4.79 Å². The van der Waals surface area contributed by atoms with Gasteiger partial charge in [0.2, 0.25) is 0 Å². The number of piperidine rings is 1. The molecule has 4 nitrogen and oxygen atoms in total. The number of amides is 1. The third-order valence-corrected chi connectivity index (χ3v) is 3.37. The first-order valence-corrected chi connectivity index (χ1v) is 6.87. The number of carbonyl (C=O) groups is 1. The van der Waals surface area contributed by atoms with Gasteiger partial charge in [0, 0.05) is 19.1 Å². The lowest BCUT2D eigenvalue weighted by Gasteiger charge is -2.30. The van der Waals surface area contributed by atoms with Crippen molar-refractivity contribution >= 4 is 5.91 Å². The second kappa shape index (κ2) is 6.59. The Bertz CT molecular complexity index is 356. The zero-order valence-electron chi connectivity index (χ0n) is 11.0. The summed E-state index contributed by atoms with van der Waals surface area (Å²) in [5.41, 5.74) is 0. The lowest BCUT2D eigenvalue weighted by molar-refractivity contribution is 0.0700. The zero-order chi connectivity index (χ0) is 12.8. The first kappa shape index (κ1) is 13.1. The second-order valence-electron chi connectivity index (χ2n) is 4.88. The first-order chi connectivity index (χ1) is 8.81. The third-order valence-electron chi connectivity index (χ3n) is 3.37. The fraction of sp³-hybridized carbons (Fsp3) is 0.643. The van der Waals surface area contributed by atoms with Gasteiger partial charge in [-0.05, 0) is 37.9 Å². The molecule has 0 saturated carbocycles. The van der Waals surface area contributed by atoms with Crippen molar-refractivity contribution in [3.8, 4) is 0 Å². The van der Waals surface area contributed by atoms with E-state index in [1.54, 1.807) is 18.4 Å². The van der Waals surface area contributed by atoms with E-state index in [-0.39, 0.29) is 5.91 Å². The van der Waals surface area contributed by atoms with Gasteiger partial charge in [-0.1, -0.05) is 13.3 Å². The van der Waals surface area contributed by atoms with Crippen LogP contribution in [-0.4, -0.2) is 36.5 Å². The van der Waals surface area contributed by atoms with Crippen molar-refractivity contribution in [2.75, 3.05) is 19.6 Å². The van der Waals surface area contributed by atoms with Crippen molar-refractivity contribution in [1.82, 2.24) is 10.2 Å². The summed E-state index contributed by atoms with van der Waals surface area (Å²) in [6.07, 6.45) is 6.18. The van der Waals surface area contributed by atoms with E-state index in [1.165, 1.54) is 12.8 Å². The molecule has 1 N–H and O–H groups in total. The van der Waals surface area contributed by atoms with Gasteiger partial charge in [0.05, 0.1) is 6.26 Å². The van der Waals surface area contributed by atoms with Crippen LogP contribution in [0.25, 0.3) is 0 Å². The molecule has 2 heterocycles. The minimum absolute atomic E-state index is 0.00854. The van der Waals surface area contributed by atoms with Gasteiger partial charge < -0.3 is 14.6 Å². The SMILES string of the molecule is CCCN(CC1CCCCN1)C(=O)c1ccco1. The molecular formula is C14H22N2O2. The van der Waals surface area contributed by atoms with Crippen LogP contribution in [0.3, 0.4) is 0 Å². The highest BCUT2D eigenvalue weighted by molar-refractivity contribution is 5.91. The van der Waals surface area contributed by atoms with Crippen molar-refractivity contribution in [3.05, 3.63) is 24.2 Å². The van der Waals surface area contributed by atoms with E-state index in [2.05, 4.69) is 12.2 Å². The van der Waals surface area contributed by atoms with Crippen LogP contribution in [0, 0.1) is 0 Å². The molecule has 0 bridgehead atoms. The predicted octanol–water partition coefficient (Wildman–Crippen LogP) is 2.27. The molecule has 18 heavy (non-hydrogen) atoms. The zero-order valence-corrected chi connectivity index (χ0v) is 11.0. The maximum atomic E-state index is 12.3. The van der Waals surface area contributed by atoms with Crippen molar-refractivity contribution in [1.29, 1.82) is 0 Å². The van der Waals surface area contributed by atoms with E-state index in [4.69, 9.17) is 4.42 Å². The first-order valence-electron chi connectivity index (χ1n) is 6.87. The Morgan fingerprint density at radius 2 is 2.44 bits per heavy atom. The van der Waals surface area contributed by atoms with Crippen LogP contribution in [0.15, 0.2) is 22.8 Å². The summed E-state index contributed by atoms with van der Waals surface area (Å²) in [6, 6.07) is 3.93. The van der Waals surface area contributed by atoms with Crippen LogP contribution in [0.2, 0.25) is 0 Å². The average molecular weight is 250 g/mol. The van der Waals surface area contributed by atoms with Gasteiger partial charge >= 0.3 is 0 Å². The molecule has 1 saturated heterocycles. The van der Waals surface area contributed by atoms with Crippen LogP contribution in [0.5, 0.6) is 0 Å². The highest BCUT2D eigenvalue weighted by Gasteiger charge is 2.22. The molecule has 1 unspecified atom stereocenters. The number of hydrogen-bond donors (Lipinski definition) is 1. The Balaban J connectivity index is 1.96. The standard InChI is InChI=1S/C14H22N2O2/c1-2-9-16(11-12-6-3-4-8-15-12)14(17)13-7-5-10-18-13/h5,7,10,12,15H,2-4,6,8-9,11H2,1H3. The Morgan fingerprint density at radius 3 is 3.06 bits per heavy atom. The highest BCUT2D eigenvalue weighted by Crippen LogP contribution is 2.12. The molecule has 1 aliphatic heterocycles. The number of nitrogens with one attached hydrogen (secondary N) is 1. The number of carbonyl (C=O) groups excluding carboxylic acids is 1. The molecule has 0 aliphatic carbocycles. The Kier molecular flexibility index (Phi) is 4.81. The lowest BCUT2D eigenvalue weighted by atomic mass is 10.0. The molecule has 1 fully saturated rings. The van der Waals surface area contributed by atoms with E-state index in [1.807, 2.05) is 4.90 Å². The minimum atomic E-state index is 0.00854. The molecule has 1 aromatic heterocycles. The summed E-state index contributed by atoms with van der Waals surface area (Å²) in [5, 5.41) is 3.48. The van der Waals surface area contributed by atoms with E-state index in [9.17, 15) is 4.79 Å². The normalized spacial score (nSPS) is 19.7. The predicted molar refractivity (Wildman–Crippen MR) is 70.5 cm³/mol. The third kappa shape index (κ3) is 3.35. The summed E-state index contributed by atoms with van der Waals surface area (Å²) in [7, 11) is 0. The van der Waals surface area contributed by atoms with Crippen molar-refractivity contribution in [2.45, 2.75) is 38.6 Å². The molecule has 2 rings (SSSR count). The van der Waals surface area contributed by atoms with E-state index in [0.717, 1.165) is 32.5 Å². The van der Waals surface area contributed by atoms with E-state index in [0.29, 0.717) is 11.8 Å². The number of nitrogens with zero attached hydrogens (tertiary/aromatic N) is 1. The molecule has 0 radical (unpaired) electrons. The van der Waals surface area contributed by atoms with Gasteiger partial charge in [-0.15, -0.1) is 0 Å². The molecule has 4 heteroatoms. The second-order valence-corrected chi connectivity index (χ2v) is 4.88. The largest absolute Gasteiger partial charge is 0.459 e. The Morgan fingerprint density at radius 1 is 1.56 bits per heavy atom. The van der Waals surface area contributed by atoms with Crippen LogP contribution in [-0.2, 0) is 0 Å². The maximum absolute atomic E-state index is 12.3. The van der Waals surface area contributed by atoms with Crippen LogP contribution in [0.4, 0.5) is 0 Å². The van der Waals surface area contributed by atoms with Crippen LogP contribution < -0.4 is 5.32 Å². The van der Waals surface area contributed by atoms with Gasteiger partial charge in [0.15, 0.2) is 5.76 Å². The summed E-state index contributed by atoms with van der Waals surface area (Å²) in [6.45, 7) is 4.74. The van der Waals surface area contributed by atoms with Crippen LogP contribution in [0.1, 0.15) is 43.2 Å². The topological polar surface area (TPSA) is 45.5 Å². The molecule has 1 atom stereocenters. The molecule has 1 aromatic rings. The molecule has 1 aliphatic rings. The fourth-order valence-electron chi connectivity index (χ4n) is 2.45. The van der Waals surface area contributed by atoms with Crippen molar-refractivity contribution in [2.24, 2.45) is 0 Å². The molecule has 0 spiro atoms. The quantitative estimate of drug-likeness (QED) is 0.872.